The topological polar surface area (TPSA) is 44.9 Å². The van der Waals surface area contributed by atoms with Crippen LogP contribution in [0.3, 0.4) is 0 Å². The summed E-state index contributed by atoms with van der Waals surface area (Å²) < 4.78 is 11.8. The second kappa shape index (κ2) is 6.36. The molecule has 0 spiro atoms. The molecule has 1 fully saturated rings. The number of rotatable bonds is 5. The van der Waals surface area contributed by atoms with Crippen molar-refractivity contribution in [2.24, 2.45) is 0 Å². The molecule has 1 aromatic rings. The Hall–Kier alpha value is -0.610. The molecule has 1 aliphatic carbocycles. The van der Waals surface area contributed by atoms with Crippen molar-refractivity contribution >= 4 is 10.8 Å². The zero-order valence-corrected chi connectivity index (χ0v) is 11.3. The first-order chi connectivity index (χ1) is 8.29. The lowest BCUT2D eigenvalue weighted by Crippen LogP contribution is -2.37. The van der Waals surface area contributed by atoms with Gasteiger partial charge in [0.25, 0.3) is 0 Å². The third kappa shape index (κ3) is 3.68. The van der Waals surface area contributed by atoms with Crippen LogP contribution < -0.4 is 5.32 Å². The summed E-state index contributed by atoms with van der Waals surface area (Å²) in [6.45, 7) is 2.94. The van der Waals surface area contributed by atoms with E-state index in [1.54, 1.807) is 0 Å². The number of hydrogen-bond donors (Lipinski definition) is 2. The number of H-pyrrole nitrogens is 1. The molecule has 0 unspecified atom stereocenters. The monoisotopic (exact) mass is 254 g/mol. The van der Waals surface area contributed by atoms with Gasteiger partial charge >= 0.3 is 0 Å². The van der Waals surface area contributed by atoms with Gasteiger partial charge in [-0.3, -0.25) is 4.21 Å². The summed E-state index contributed by atoms with van der Waals surface area (Å²) in [5, 5.41) is 3.99. The normalized spacial score (nSPS) is 26.9. The molecule has 0 saturated heterocycles. The molecule has 96 valence electrons. The van der Waals surface area contributed by atoms with Crippen LogP contribution in [0, 0.1) is 0 Å². The van der Waals surface area contributed by atoms with E-state index in [9.17, 15) is 4.21 Å². The van der Waals surface area contributed by atoms with Gasteiger partial charge in [-0.25, -0.2) is 0 Å². The molecule has 3 atom stereocenters. The van der Waals surface area contributed by atoms with Gasteiger partial charge in [0, 0.05) is 46.8 Å². The maximum absolute atomic E-state index is 11.8. The Labute approximate surface area is 106 Å². The first kappa shape index (κ1) is 12.8. The fourth-order valence-electron chi connectivity index (χ4n) is 2.54. The summed E-state index contributed by atoms with van der Waals surface area (Å²) in [5.41, 5.74) is 1.30. The molecule has 1 aromatic heterocycles. The zero-order valence-electron chi connectivity index (χ0n) is 10.4. The highest BCUT2D eigenvalue weighted by atomic mass is 32.2. The minimum atomic E-state index is -0.621. The average molecular weight is 254 g/mol. The lowest BCUT2D eigenvalue weighted by atomic mass is 9.95. The number of aromatic amines is 1. The molecule has 0 bridgehead atoms. The number of hydrogen-bond acceptors (Lipinski definition) is 2. The number of aromatic nitrogens is 1. The van der Waals surface area contributed by atoms with E-state index in [0.29, 0.717) is 11.3 Å². The van der Waals surface area contributed by atoms with E-state index < -0.39 is 10.8 Å². The second-order valence-electron chi connectivity index (χ2n) is 4.76. The summed E-state index contributed by atoms with van der Waals surface area (Å²) in [6, 6.07) is 2.64. The molecule has 0 radical (unpaired) electrons. The maximum Gasteiger partial charge on any atom is 0.0362 e. The van der Waals surface area contributed by atoms with Gasteiger partial charge in [-0.1, -0.05) is 13.3 Å². The molecule has 1 heterocycles. The van der Waals surface area contributed by atoms with Crippen molar-refractivity contribution in [3.05, 3.63) is 24.0 Å². The SMILES string of the molecule is CC[S@@](=O)[C@@H]1CCC[C@H](NCc2cc[nH]c2)C1. The van der Waals surface area contributed by atoms with Crippen molar-refractivity contribution in [3.8, 4) is 0 Å². The molecule has 0 aromatic carbocycles. The van der Waals surface area contributed by atoms with Crippen LogP contribution in [0.5, 0.6) is 0 Å². The fraction of sp³-hybridized carbons (Fsp3) is 0.692. The molecule has 0 aliphatic heterocycles. The Morgan fingerprint density at radius 2 is 2.41 bits per heavy atom. The van der Waals surface area contributed by atoms with Crippen molar-refractivity contribution in [1.82, 2.24) is 10.3 Å². The molecule has 2 N–H and O–H groups in total. The van der Waals surface area contributed by atoms with Gasteiger partial charge in [-0.05, 0) is 30.9 Å². The number of nitrogens with one attached hydrogen (secondary N) is 2. The Balaban J connectivity index is 1.79. The Bertz CT molecular complexity index is 350. The summed E-state index contributed by atoms with van der Waals surface area (Å²) in [5.74, 6) is 0.801. The fourth-order valence-corrected chi connectivity index (χ4v) is 3.88. The van der Waals surface area contributed by atoms with Gasteiger partial charge in [-0.2, -0.15) is 0 Å². The molecule has 4 heteroatoms. The van der Waals surface area contributed by atoms with Crippen LogP contribution in [0.15, 0.2) is 18.5 Å². The predicted molar refractivity (Wildman–Crippen MR) is 72.4 cm³/mol. The Morgan fingerprint density at radius 1 is 1.53 bits per heavy atom. The highest BCUT2D eigenvalue weighted by molar-refractivity contribution is 7.85. The molecule has 2 rings (SSSR count). The average Bonchev–Trinajstić information content (AvgIpc) is 2.89. The van der Waals surface area contributed by atoms with Crippen molar-refractivity contribution in [2.45, 2.75) is 50.4 Å². The summed E-state index contributed by atoms with van der Waals surface area (Å²) in [6.07, 6.45) is 8.63. The lowest BCUT2D eigenvalue weighted by molar-refractivity contribution is 0.376. The van der Waals surface area contributed by atoms with Gasteiger partial charge in [0.1, 0.15) is 0 Å². The van der Waals surface area contributed by atoms with Gasteiger partial charge in [0.2, 0.25) is 0 Å². The third-order valence-corrected chi connectivity index (χ3v) is 5.28. The van der Waals surface area contributed by atoms with Crippen LogP contribution in [0.2, 0.25) is 0 Å². The van der Waals surface area contributed by atoms with Crippen molar-refractivity contribution in [1.29, 1.82) is 0 Å². The van der Waals surface area contributed by atoms with Crippen molar-refractivity contribution in [3.63, 3.8) is 0 Å². The summed E-state index contributed by atoms with van der Waals surface area (Å²) >= 11 is 0. The molecule has 17 heavy (non-hydrogen) atoms. The quantitative estimate of drug-likeness (QED) is 0.846. The van der Waals surface area contributed by atoms with Crippen LogP contribution in [-0.4, -0.2) is 26.2 Å². The molecular weight excluding hydrogens is 232 g/mol. The van der Waals surface area contributed by atoms with Crippen molar-refractivity contribution in [2.75, 3.05) is 5.75 Å². The van der Waals surface area contributed by atoms with E-state index in [2.05, 4.69) is 16.4 Å². The minimum Gasteiger partial charge on any atom is -0.367 e. The van der Waals surface area contributed by atoms with Gasteiger partial charge in [-0.15, -0.1) is 0 Å². The van der Waals surface area contributed by atoms with Crippen LogP contribution in [0.1, 0.15) is 38.2 Å². The van der Waals surface area contributed by atoms with E-state index in [4.69, 9.17) is 0 Å². The molecule has 1 saturated carbocycles. The van der Waals surface area contributed by atoms with E-state index >= 15 is 0 Å². The predicted octanol–water partition coefficient (Wildman–Crippen LogP) is 2.18. The lowest BCUT2D eigenvalue weighted by Gasteiger charge is -2.29. The summed E-state index contributed by atoms with van der Waals surface area (Å²) in [4.78, 5) is 3.06. The minimum absolute atomic E-state index is 0.414. The van der Waals surface area contributed by atoms with Crippen LogP contribution in [-0.2, 0) is 17.3 Å². The smallest absolute Gasteiger partial charge is 0.0362 e. The third-order valence-electron chi connectivity index (χ3n) is 3.54. The Kier molecular flexibility index (Phi) is 4.80. The first-order valence-corrected chi connectivity index (χ1v) is 7.90. The van der Waals surface area contributed by atoms with E-state index in [-0.39, 0.29) is 0 Å². The summed E-state index contributed by atoms with van der Waals surface area (Å²) in [7, 11) is -0.621. The largest absolute Gasteiger partial charge is 0.367 e. The highest BCUT2D eigenvalue weighted by Crippen LogP contribution is 2.23. The Morgan fingerprint density at radius 3 is 3.12 bits per heavy atom. The van der Waals surface area contributed by atoms with Crippen LogP contribution >= 0.6 is 0 Å². The van der Waals surface area contributed by atoms with E-state index in [1.165, 1.54) is 18.4 Å². The van der Waals surface area contributed by atoms with Gasteiger partial charge < -0.3 is 10.3 Å². The maximum atomic E-state index is 11.8. The highest BCUT2D eigenvalue weighted by Gasteiger charge is 2.24. The van der Waals surface area contributed by atoms with Gasteiger partial charge in [0.15, 0.2) is 0 Å². The molecule has 1 aliphatic rings. The first-order valence-electron chi connectivity index (χ1n) is 6.51. The van der Waals surface area contributed by atoms with Crippen molar-refractivity contribution < 1.29 is 4.21 Å². The molecule has 3 nitrogen and oxygen atoms in total. The van der Waals surface area contributed by atoms with Crippen LogP contribution in [0.25, 0.3) is 0 Å². The second-order valence-corrected chi connectivity index (χ2v) is 6.76. The van der Waals surface area contributed by atoms with E-state index in [1.807, 2.05) is 19.3 Å². The van der Waals surface area contributed by atoms with Crippen LogP contribution in [0.4, 0.5) is 0 Å². The standard InChI is InChI=1S/C13H22N2OS/c1-2-17(16)13-5-3-4-12(8-13)15-10-11-6-7-14-9-11/h6-7,9,12-15H,2-5,8,10H2,1H3/t12-,13+,17+/m0/s1. The zero-order chi connectivity index (χ0) is 12.1. The van der Waals surface area contributed by atoms with Gasteiger partial charge in [0.05, 0.1) is 0 Å². The molecular formula is C13H22N2OS. The molecule has 0 amide bonds. The van der Waals surface area contributed by atoms with E-state index in [0.717, 1.165) is 25.1 Å².